The van der Waals surface area contributed by atoms with Gasteiger partial charge in [-0.25, -0.2) is 0 Å². The van der Waals surface area contributed by atoms with Crippen LogP contribution in [0.4, 0.5) is 0 Å². The van der Waals surface area contributed by atoms with Crippen molar-refractivity contribution in [1.29, 1.82) is 5.26 Å². The second-order valence-corrected chi connectivity index (χ2v) is 5.72. The van der Waals surface area contributed by atoms with Crippen molar-refractivity contribution in [1.82, 2.24) is 15.2 Å². The molecule has 0 radical (unpaired) electrons. The fourth-order valence-corrected chi connectivity index (χ4v) is 3.30. The molecule has 21 heavy (non-hydrogen) atoms. The highest BCUT2D eigenvalue weighted by molar-refractivity contribution is 5.95. The molecule has 2 bridgehead atoms. The van der Waals surface area contributed by atoms with E-state index in [0.29, 0.717) is 17.2 Å². The maximum absolute atomic E-state index is 12.3. The lowest BCUT2D eigenvalue weighted by atomic mass is 10.00. The van der Waals surface area contributed by atoms with E-state index in [1.165, 1.54) is 0 Å². The quantitative estimate of drug-likeness (QED) is 0.893. The second kappa shape index (κ2) is 4.57. The number of furan rings is 1. The molecule has 0 aromatic carbocycles. The number of nitriles is 1. The van der Waals surface area contributed by atoms with Crippen molar-refractivity contribution in [3.05, 3.63) is 29.8 Å². The van der Waals surface area contributed by atoms with E-state index in [4.69, 9.17) is 9.68 Å². The Kier molecular flexibility index (Phi) is 2.69. The maximum Gasteiger partial charge on any atom is 0.270 e. The van der Waals surface area contributed by atoms with Crippen LogP contribution in [-0.2, 0) is 0 Å². The molecule has 2 aliphatic heterocycles. The Labute approximate surface area is 121 Å². The van der Waals surface area contributed by atoms with Gasteiger partial charge < -0.3 is 14.6 Å². The number of nitrogens with zero attached hydrogens (tertiary/aromatic N) is 3. The molecule has 1 amide bonds. The number of rotatable bonds is 2. The molecule has 106 valence electrons. The van der Waals surface area contributed by atoms with Crippen LogP contribution in [-0.4, -0.2) is 41.5 Å². The van der Waals surface area contributed by atoms with Gasteiger partial charge in [0, 0.05) is 42.8 Å². The summed E-state index contributed by atoms with van der Waals surface area (Å²) in [5, 5.41) is 12.6. The number of amides is 1. The first kappa shape index (κ1) is 12.4. The van der Waals surface area contributed by atoms with Crippen molar-refractivity contribution in [3.8, 4) is 6.07 Å². The van der Waals surface area contributed by atoms with E-state index >= 15 is 0 Å². The monoisotopic (exact) mass is 282 g/mol. The molecule has 2 fully saturated rings. The van der Waals surface area contributed by atoms with Crippen LogP contribution in [0, 0.1) is 17.2 Å². The van der Waals surface area contributed by atoms with Crippen LogP contribution in [0.15, 0.2) is 22.7 Å². The summed E-state index contributed by atoms with van der Waals surface area (Å²) in [5.74, 6) is 0.613. The minimum atomic E-state index is -0.175. The lowest BCUT2D eigenvalue weighted by molar-refractivity contribution is 0.0919. The summed E-state index contributed by atoms with van der Waals surface area (Å²) in [6.07, 6.45) is 2.72. The SMILES string of the molecule is N#Cc1cc2cnc(C(=O)NC3CN4CC[C@H]3C4)cc2o1. The molecule has 2 aromatic heterocycles. The van der Waals surface area contributed by atoms with Crippen molar-refractivity contribution < 1.29 is 9.21 Å². The van der Waals surface area contributed by atoms with Gasteiger partial charge in [0.1, 0.15) is 17.3 Å². The number of nitrogens with one attached hydrogen (secondary N) is 1. The third kappa shape index (κ3) is 2.06. The average molecular weight is 282 g/mol. The first-order valence-electron chi connectivity index (χ1n) is 7.06. The molecule has 1 N–H and O–H groups in total. The molecule has 2 aromatic rings. The molecule has 6 heteroatoms. The van der Waals surface area contributed by atoms with Crippen molar-refractivity contribution in [2.24, 2.45) is 5.92 Å². The van der Waals surface area contributed by atoms with Gasteiger partial charge in [-0.2, -0.15) is 5.26 Å². The third-order valence-corrected chi connectivity index (χ3v) is 4.39. The Hall–Kier alpha value is -2.39. The van der Waals surface area contributed by atoms with Crippen LogP contribution in [0.5, 0.6) is 0 Å². The Morgan fingerprint density at radius 3 is 3.10 bits per heavy atom. The number of fused-ring (bicyclic) bond motifs is 3. The van der Waals surface area contributed by atoms with Crippen LogP contribution in [0.3, 0.4) is 0 Å². The largest absolute Gasteiger partial charge is 0.445 e. The summed E-state index contributed by atoms with van der Waals surface area (Å²) in [4.78, 5) is 18.8. The predicted octanol–water partition coefficient (Wildman–Crippen LogP) is 1.13. The van der Waals surface area contributed by atoms with Gasteiger partial charge in [-0.05, 0) is 18.9 Å². The van der Waals surface area contributed by atoms with E-state index in [1.807, 2.05) is 6.07 Å². The summed E-state index contributed by atoms with van der Waals surface area (Å²) in [5.41, 5.74) is 0.850. The van der Waals surface area contributed by atoms with E-state index in [-0.39, 0.29) is 17.7 Å². The Morgan fingerprint density at radius 1 is 1.48 bits per heavy atom. The zero-order chi connectivity index (χ0) is 14.4. The number of piperidine rings is 1. The number of hydrogen-bond acceptors (Lipinski definition) is 5. The van der Waals surface area contributed by atoms with Crippen LogP contribution in [0.25, 0.3) is 11.0 Å². The van der Waals surface area contributed by atoms with Crippen molar-refractivity contribution in [2.75, 3.05) is 19.6 Å². The number of hydrogen-bond donors (Lipinski definition) is 1. The smallest absolute Gasteiger partial charge is 0.270 e. The van der Waals surface area contributed by atoms with Gasteiger partial charge in [0.15, 0.2) is 0 Å². The molecule has 0 saturated carbocycles. The van der Waals surface area contributed by atoms with Crippen LogP contribution < -0.4 is 5.32 Å². The van der Waals surface area contributed by atoms with Crippen LogP contribution >= 0.6 is 0 Å². The van der Waals surface area contributed by atoms with Gasteiger partial charge in [-0.1, -0.05) is 0 Å². The van der Waals surface area contributed by atoms with E-state index in [1.54, 1.807) is 18.3 Å². The minimum absolute atomic E-state index is 0.175. The van der Waals surface area contributed by atoms with E-state index in [9.17, 15) is 4.79 Å². The van der Waals surface area contributed by atoms with Gasteiger partial charge in [-0.3, -0.25) is 9.78 Å². The Bertz CT molecular complexity index is 761. The van der Waals surface area contributed by atoms with Gasteiger partial charge in [0.25, 0.3) is 5.91 Å². The van der Waals surface area contributed by atoms with Gasteiger partial charge in [0.05, 0.1) is 0 Å². The maximum atomic E-state index is 12.3. The number of pyridine rings is 1. The molecule has 2 saturated heterocycles. The fraction of sp³-hybridized carbons (Fsp3) is 0.400. The average Bonchev–Trinajstić information content (AvgIpc) is 3.20. The zero-order valence-corrected chi connectivity index (χ0v) is 11.4. The highest BCUT2D eigenvalue weighted by Gasteiger charge is 2.38. The fourth-order valence-electron chi connectivity index (χ4n) is 3.30. The standard InChI is InChI=1S/C15H14N4O2/c16-5-11-3-10-6-17-12(4-14(10)21-11)15(20)18-13-8-19-2-1-9(13)7-19/h3-4,6,9,13H,1-2,7-8H2,(H,18,20)/t9-,13?/m0/s1. The number of carbonyl (C=O) groups excluding carboxylic acids is 1. The third-order valence-electron chi connectivity index (χ3n) is 4.39. The second-order valence-electron chi connectivity index (χ2n) is 5.72. The first-order chi connectivity index (χ1) is 10.2. The molecular weight excluding hydrogens is 268 g/mol. The molecular formula is C15H14N4O2. The minimum Gasteiger partial charge on any atom is -0.445 e. The van der Waals surface area contributed by atoms with Crippen LogP contribution in [0.1, 0.15) is 22.7 Å². The lowest BCUT2D eigenvalue weighted by Gasteiger charge is -2.22. The normalized spacial score (nSPS) is 26.9. The molecule has 4 heterocycles. The zero-order valence-electron chi connectivity index (χ0n) is 11.4. The number of carbonyl (C=O) groups is 1. The highest BCUT2D eigenvalue weighted by Crippen LogP contribution is 2.28. The van der Waals surface area contributed by atoms with E-state index in [0.717, 1.165) is 31.4 Å². The summed E-state index contributed by atoms with van der Waals surface area (Å²) < 4.78 is 5.34. The van der Waals surface area contributed by atoms with Crippen molar-refractivity contribution in [2.45, 2.75) is 12.5 Å². The van der Waals surface area contributed by atoms with Crippen LogP contribution in [0.2, 0.25) is 0 Å². The molecule has 6 nitrogen and oxygen atoms in total. The topological polar surface area (TPSA) is 82.2 Å². The molecule has 2 unspecified atom stereocenters. The van der Waals surface area contributed by atoms with Gasteiger partial charge >= 0.3 is 0 Å². The Morgan fingerprint density at radius 2 is 2.38 bits per heavy atom. The molecule has 3 atom stereocenters. The summed E-state index contributed by atoms with van der Waals surface area (Å²) in [7, 11) is 0. The summed E-state index contributed by atoms with van der Waals surface area (Å²) in [6.45, 7) is 3.16. The van der Waals surface area contributed by atoms with E-state index < -0.39 is 0 Å². The first-order valence-corrected chi connectivity index (χ1v) is 7.06. The summed E-state index contributed by atoms with van der Waals surface area (Å²) in [6, 6.07) is 5.37. The van der Waals surface area contributed by atoms with E-state index in [2.05, 4.69) is 15.2 Å². The summed E-state index contributed by atoms with van der Waals surface area (Å²) >= 11 is 0. The number of aromatic nitrogens is 1. The molecule has 4 rings (SSSR count). The van der Waals surface area contributed by atoms with Crippen molar-refractivity contribution in [3.63, 3.8) is 0 Å². The predicted molar refractivity (Wildman–Crippen MR) is 74.5 cm³/mol. The van der Waals surface area contributed by atoms with Crippen molar-refractivity contribution >= 4 is 16.9 Å². The Balaban J connectivity index is 1.55. The lowest BCUT2D eigenvalue weighted by Crippen LogP contribution is -2.43. The molecule has 0 spiro atoms. The molecule has 0 aliphatic carbocycles. The van der Waals surface area contributed by atoms with Gasteiger partial charge in [0.2, 0.25) is 5.76 Å². The van der Waals surface area contributed by atoms with Gasteiger partial charge in [-0.15, -0.1) is 0 Å². The highest BCUT2D eigenvalue weighted by atomic mass is 16.3. The molecule has 2 aliphatic rings.